The number of benzene rings is 2. The summed E-state index contributed by atoms with van der Waals surface area (Å²) in [6.07, 6.45) is 16.1. The summed E-state index contributed by atoms with van der Waals surface area (Å²) in [7, 11) is 0. The van der Waals surface area contributed by atoms with Gasteiger partial charge in [-0.2, -0.15) is 0 Å². The van der Waals surface area contributed by atoms with Gasteiger partial charge >= 0.3 is 0 Å². The minimum Gasteiger partial charge on any atom is -0.0808 e. The first-order chi connectivity index (χ1) is 12.3. The molecule has 3 rings (SSSR count). The normalized spacial score (nSPS) is 20.8. The molecule has 0 amide bonds. The Kier molecular flexibility index (Phi) is 6.91. The molecule has 0 N–H and O–H groups in total. The molecule has 1 fully saturated rings. The lowest BCUT2D eigenvalue weighted by Crippen LogP contribution is -2.12. The van der Waals surface area contributed by atoms with Gasteiger partial charge in [-0.3, -0.25) is 0 Å². The van der Waals surface area contributed by atoms with Crippen molar-refractivity contribution >= 4 is 6.08 Å². The summed E-state index contributed by atoms with van der Waals surface area (Å²) in [5.41, 5.74) is 3.91. The Bertz CT molecular complexity index is 627. The molecule has 1 aliphatic carbocycles. The van der Waals surface area contributed by atoms with Crippen LogP contribution < -0.4 is 0 Å². The van der Waals surface area contributed by atoms with Gasteiger partial charge in [0.05, 0.1) is 0 Å². The van der Waals surface area contributed by atoms with E-state index >= 15 is 0 Å². The predicted molar refractivity (Wildman–Crippen MR) is 111 cm³/mol. The quantitative estimate of drug-likeness (QED) is 0.454. The van der Waals surface area contributed by atoms with Crippen molar-refractivity contribution in [2.45, 2.75) is 58.3 Å². The van der Waals surface area contributed by atoms with Gasteiger partial charge in [0.1, 0.15) is 0 Å². The van der Waals surface area contributed by atoms with Crippen LogP contribution in [0.3, 0.4) is 0 Å². The molecule has 1 aliphatic rings. The molecule has 0 aliphatic heterocycles. The van der Waals surface area contributed by atoms with Gasteiger partial charge in [0.2, 0.25) is 0 Å². The molecular weight excluding hydrogens is 300 g/mol. The van der Waals surface area contributed by atoms with Crippen LogP contribution in [0.25, 0.3) is 17.2 Å². The molecule has 2 aromatic carbocycles. The van der Waals surface area contributed by atoms with Crippen molar-refractivity contribution in [3.8, 4) is 11.1 Å². The Balaban J connectivity index is 1.48. The van der Waals surface area contributed by atoms with E-state index in [1.807, 2.05) is 0 Å². The van der Waals surface area contributed by atoms with Gasteiger partial charge < -0.3 is 0 Å². The molecular formula is C25H32. The monoisotopic (exact) mass is 332 g/mol. The van der Waals surface area contributed by atoms with Crippen molar-refractivity contribution in [1.29, 1.82) is 0 Å². The molecule has 0 bridgehead atoms. The summed E-state index contributed by atoms with van der Waals surface area (Å²) in [6.45, 7) is 2.30. The van der Waals surface area contributed by atoms with Crippen molar-refractivity contribution in [3.63, 3.8) is 0 Å². The van der Waals surface area contributed by atoms with Crippen LogP contribution in [-0.4, -0.2) is 0 Å². The van der Waals surface area contributed by atoms with Crippen LogP contribution in [0.4, 0.5) is 0 Å². The average molecular weight is 333 g/mol. The molecule has 25 heavy (non-hydrogen) atoms. The maximum absolute atomic E-state index is 2.46. The second kappa shape index (κ2) is 9.61. The standard InChI is InChI=1S/C25H32/c1-2-3-5-8-21-11-13-22(14-12-21)15-16-23-17-19-25(20-18-23)24-9-6-4-7-10-24/h4,6-7,9-10,15-22H,2-3,5,8,11-14H2,1H3/t21-,22-. The van der Waals surface area contributed by atoms with E-state index in [0.29, 0.717) is 0 Å². The molecule has 0 radical (unpaired) electrons. The van der Waals surface area contributed by atoms with E-state index in [4.69, 9.17) is 0 Å². The van der Waals surface area contributed by atoms with E-state index in [-0.39, 0.29) is 0 Å². The highest BCUT2D eigenvalue weighted by atomic mass is 14.2. The van der Waals surface area contributed by atoms with Gasteiger partial charge in [0, 0.05) is 0 Å². The number of rotatable bonds is 7. The lowest BCUT2D eigenvalue weighted by atomic mass is 9.79. The zero-order chi connectivity index (χ0) is 17.3. The number of hydrogen-bond donors (Lipinski definition) is 0. The van der Waals surface area contributed by atoms with Crippen LogP contribution in [0.2, 0.25) is 0 Å². The first-order valence-corrected chi connectivity index (χ1v) is 10.2. The molecule has 0 spiro atoms. The van der Waals surface area contributed by atoms with Crippen LogP contribution in [0.15, 0.2) is 60.7 Å². The lowest BCUT2D eigenvalue weighted by Gasteiger charge is -2.26. The molecule has 132 valence electrons. The van der Waals surface area contributed by atoms with E-state index in [1.165, 1.54) is 68.1 Å². The number of allylic oxidation sites excluding steroid dienone is 1. The molecule has 0 aromatic heterocycles. The molecule has 0 nitrogen and oxygen atoms in total. The van der Waals surface area contributed by atoms with Crippen molar-refractivity contribution in [2.24, 2.45) is 11.8 Å². The summed E-state index contributed by atoms with van der Waals surface area (Å²) in [6, 6.07) is 19.6. The fraction of sp³-hybridized carbons (Fsp3) is 0.440. The highest BCUT2D eigenvalue weighted by Gasteiger charge is 2.18. The van der Waals surface area contributed by atoms with Gasteiger partial charge in [-0.1, -0.05) is 99.4 Å². The number of unbranched alkanes of at least 4 members (excludes halogenated alkanes) is 2. The minimum atomic E-state index is 0.788. The third-order valence-electron chi connectivity index (χ3n) is 5.69. The lowest BCUT2D eigenvalue weighted by molar-refractivity contribution is 0.290. The second-order valence-corrected chi connectivity index (χ2v) is 7.62. The third kappa shape index (κ3) is 5.59. The van der Waals surface area contributed by atoms with Gasteiger partial charge in [-0.05, 0) is 54.2 Å². The molecule has 2 aromatic rings. The Labute approximate surface area is 154 Å². The van der Waals surface area contributed by atoms with Crippen molar-refractivity contribution in [2.75, 3.05) is 0 Å². The molecule has 0 unspecified atom stereocenters. The minimum absolute atomic E-state index is 0.788. The Morgan fingerprint density at radius 1 is 0.800 bits per heavy atom. The molecule has 0 saturated heterocycles. The van der Waals surface area contributed by atoms with Gasteiger partial charge in [-0.25, -0.2) is 0 Å². The van der Waals surface area contributed by atoms with Crippen molar-refractivity contribution < 1.29 is 0 Å². The Morgan fingerprint density at radius 3 is 2.16 bits per heavy atom. The zero-order valence-corrected chi connectivity index (χ0v) is 15.7. The van der Waals surface area contributed by atoms with E-state index in [1.54, 1.807) is 0 Å². The van der Waals surface area contributed by atoms with Crippen molar-refractivity contribution in [3.05, 3.63) is 66.2 Å². The molecule has 0 atom stereocenters. The third-order valence-corrected chi connectivity index (χ3v) is 5.69. The molecule has 0 heterocycles. The fourth-order valence-corrected chi connectivity index (χ4v) is 4.02. The first kappa shape index (κ1) is 18.0. The first-order valence-electron chi connectivity index (χ1n) is 10.2. The van der Waals surface area contributed by atoms with Gasteiger partial charge in [0.15, 0.2) is 0 Å². The molecule has 0 heteroatoms. The SMILES string of the molecule is CCCCC[C@H]1CC[C@H](C=Cc2ccc(-c3ccccc3)cc2)CC1. The smallest absolute Gasteiger partial charge is 0.0184 e. The van der Waals surface area contributed by atoms with E-state index in [2.05, 4.69) is 73.7 Å². The Morgan fingerprint density at radius 2 is 1.48 bits per heavy atom. The summed E-state index contributed by atoms with van der Waals surface area (Å²) in [5, 5.41) is 0. The summed E-state index contributed by atoms with van der Waals surface area (Å²) in [5.74, 6) is 1.79. The van der Waals surface area contributed by atoms with Gasteiger partial charge in [0.25, 0.3) is 0 Å². The van der Waals surface area contributed by atoms with E-state index in [9.17, 15) is 0 Å². The maximum Gasteiger partial charge on any atom is -0.0184 e. The zero-order valence-electron chi connectivity index (χ0n) is 15.7. The van der Waals surface area contributed by atoms with Crippen LogP contribution in [0.1, 0.15) is 63.9 Å². The topological polar surface area (TPSA) is 0 Å². The summed E-state index contributed by atoms with van der Waals surface area (Å²) < 4.78 is 0. The van der Waals surface area contributed by atoms with Crippen molar-refractivity contribution in [1.82, 2.24) is 0 Å². The van der Waals surface area contributed by atoms with E-state index < -0.39 is 0 Å². The highest BCUT2D eigenvalue weighted by molar-refractivity contribution is 5.65. The Hall–Kier alpha value is -1.82. The van der Waals surface area contributed by atoms with Crippen LogP contribution in [0.5, 0.6) is 0 Å². The van der Waals surface area contributed by atoms with Crippen LogP contribution in [0, 0.1) is 11.8 Å². The van der Waals surface area contributed by atoms with Gasteiger partial charge in [-0.15, -0.1) is 0 Å². The average Bonchev–Trinajstić information content (AvgIpc) is 2.69. The largest absolute Gasteiger partial charge is 0.0808 e. The fourth-order valence-electron chi connectivity index (χ4n) is 4.02. The van der Waals surface area contributed by atoms with Crippen LogP contribution >= 0.6 is 0 Å². The second-order valence-electron chi connectivity index (χ2n) is 7.62. The van der Waals surface area contributed by atoms with E-state index in [0.717, 1.165) is 11.8 Å². The summed E-state index contributed by atoms with van der Waals surface area (Å²) in [4.78, 5) is 0. The van der Waals surface area contributed by atoms with Crippen LogP contribution in [-0.2, 0) is 0 Å². The predicted octanol–water partition coefficient (Wildman–Crippen LogP) is 7.75. The number of hydrogen-bond acceptors (Lipinski definition) is 0. The maximum atomic E-state index is 2.46. The highest BCUT2D eigenvalue weighted by Crippen LogP contribution is 2.33. The molecule has 1 saturated carbocycles. The summed E-state index contributed by atoms with van der Waals surface area (Å²) >= 11 is 0.